The molecule has 2 aromatic rings. The lowest BCUT2D eigenvalue weighted by atomic mass is 10.0. The fourth-order valence-electron chi connectivity index (χ4n) is 2.95. The summed E-state index contributed by atoms with van der Waals surface area (Å²) in [5, 5.41) is 3.42. The summed E-state index contributed by atoms with van der Waals surface area (Å²) >= 11 is 8.11. The van der Waals surface area contributed by atoms with E-state index in [1.165, 1.54) is 0 Å². The van der Waals surface area contributed by atoms with Gasteiger partial charge in [0.2, 0.25) is 0 Å². The van der Waals surface area contributed by atoms with Crippen LogP contribution in [0.5, 0.6) is 0 Å². The Balaban J connectivity index is 1.85. The summed E-state index contributed by atoms with van der Waals surface area (Å²) < 4.78 is 0.821. The number of carbonyl (C=O) groups excluding carboxylic acids is 2. The monoisotopic (exact) mass is 468 g/mol. The van der Waals surface area contributed by atoms with Gasteiger partial charge in [0.1, 0.15) is 0 Å². The van der Waals surface area contributed by atoms with E-state index in [2.05, 4.69) is 27.9 Å². The van der Waals surface area contributed by atoms with Gasteiger partial charge in [0, 0.05) is 32.9 Å². The number of halogens is 2. The van der Waals surface area contributed by atoms with E-state index in [1.54, 1.807) is 24.3 Å². The van der Waals surface area contributed by atoms with Crippen LogP contribution in [-0.2, 0) is 0 Å². The van der Waals surface area contributed by atoms with Crippen LogP contribution >= 0.6 is 34.2 Å². The molecule has 3 rings (SSSR count). The molecule has 6 heteroatoms. The Morgan fingerprint density at radius 3 is 2.56 bits per heavy atom. The maximum absolute atomic E-state index is 12.7. The highest BCUT2D eigenvalue weighted by atomic mass is 127. The number of carbonyl (C=O) groups is 2. The first kappa shape index (κ1) is 18.2. The van der Waals surface area contributed by atoms with Crippen molar-refractivity contribution >= 4 is 51.7 Å². The summed E-state index contributed by atoms with van der Waals surface area (Å²) in [4.78, 5) is 27.1. The first-order chi connectivity index (χ1) is 12.0. The molecule has 1 aliphatic heterocycles. The van der Waals surface area contributed by atoms with Gasteiger partial charge in [0.25, 0.3) is 11.8 Å². The summed E-state index contributed by atoms with van der Waals surface area (Å²) in [6, 6.07) is 10.6. The molecule has 0 unspecified atom stereocenters. The fraction of sp³-hybridized carbons (Fsp3) is 0.263. The minimum absolute atomic E-state index is 0.0310. The molecule has 130 valence electrons. The molecule has 0 radical (unpaired) electrons. The highest BCUT2D eigenvalue weighted by molar-refractivity contribution is 14.1. The molecule has 1 fully saturated rings. The zero-order valence-corrected chi connectivity index (χ0v) is 16.7. The van der Waals surface area contributed by atoms with Gasteiger partial charge in [-0.1, -0.05) is 17.7 Å². The summed E-state index contributed by atoms with van der Waals surface area (Å²) in [7, 11) is 0. The molecule has 0 bridgehead atoms. The topological polar surface area (TPSA) is 49.4 Å². The predicted octanol–water partition coefficient (Wildman–Crippen LogP) is 4.74. The van der Waals surface area contributed by atoms with E-state index in [1.807, 2.05) is 24.0 Å². The highest BCUT2D eigenvalue weighted by Crippen LogP contribution is 2.24. The van der Waals surface area contributed by atoms with Gasteiger partial charge in [-0.25, -0.2) is 0 Å². The van der Waals surface area contributed by atoms with E-state index in [-0.39, 0.29) is 11.8 Å². The first-order valence-electron chi connectivity index (χ1n) is 8.12. The fourth-order valence-corrected chi connectivity index (χ4v) is 3.71. The van der Waals surface area contributed by atoms with Gasteiger partial charge in [0.05, 0.1) is 5.56 Å². The van der Waals surface area contributed by atoms with Crippen molar-refractivity contribution in [2.75, 3.05) is 18.4 Å². The maximum Gasteiger partial charge on any atom is 0.256 e. The first-order valence-corrected chi connectivity index (χ1v) is 9.58. The standard InChI is InChI=1S/C19H18ClIN2O2/c1-12-14(19(25)23-9-2-3-10-23)5-4-6-17(12)22-18(24)15-11-13(20)7-8-16(15)21/h4-8,11H,2-3,9-10H2,1H3,(H,22,24). The van der Waals surface area contributed by atoms with Crippen LogP contribution in [0.25, 0.3) is 0 Å². The lowest BCUT2D eigenvalue weighted by Gasteiger charge is -2.18. The van der Waals surface area contributed by atoms with Crippen LogP contribution in [0.4, 0.5) is 5.69 Å². The largest absolute Gasteiger partial charge is 0.339 e. The minimum atomic E-state index is -0.235. The van der Waals surface area contributed by atoms with E-state index in [4.69, 9.17) is 11.6 Å². The molecule has 0 aliphatic carbocycles. The third-order valence-electron chi connectivity index (χ3n) is 4.38. The quantitative estimate of drug-likeness (QED) is 0.662. The second-order valence-electron chi connectivity index (χ2n) is 6.06. The molecule has 4 nitrogen and oxygen atoms in total. The molecule has 1 heterocycles. The van der Waals surface area contributed by atoms with Crippen LogP contribution < -0.4 is 5.32 Å². The SMILES string of the molecule is Cc1c(NC(=O)c2cc(Cl)ccc2I)cccc1C(=O)N1CCCC1. The molecule has 2 aromatic carbocycles. The minimum Gasteiger partial charge on any atom is -0.339 e. The molecule has 0 aromatic heterocycles. The Morgan fingerprint density at radius 2 is 1.84 bits per heavy atom. The highest BCUT2D eigenvalue weighted by Gasteiger charge is 2.22. The van der Waals surface area contributed by atoms with Crippen molar-refractivity contribution in [1.29, 1.82) is 0 Å². The van der Waals surface area contributed by atoms with Crippen molar-refractivity contribution in [2.24, 2.45) is 0 Å². The molecule has 1 N–H and O–H groups in total. The van der Waals surface area contributed by atoms with Gasteiger partial charge in [-0.05, 0) is 78.3 Å². The molecule has 2 amide bonds. The van der Waals surface area contributed by atoms with Crippen LogP contribution in [0, 0.1) is 10.5 Å². The average molecular weight is 469 g/mol. The molecular weight excluding hydrogens is 451 g/mol. The number of hydrogen-bond acceptors (Lipinski definition) is 2. The number of anilines is 1. The molecule has 1 saturated heterocycles. The van der Waals surface area contributed by atoms with Crippen molar-refractivity contribution in [2.45, 2.75) is 19.8 Å². The predicted molar refractivity (Wildman–Crippen MR) is 108 cm³/mol. The average Bonchev–Trinajstić information content (AvgIpc) is 3.13. The van der Waals surface area contributed by atoms with Crippen molar-refractivity contribution in [3.63, 3.8) is 0 Å². The number of benzene rings is 2. The van der Waals surface area contributed by atoms with Gasteiger partial charge in [-0.3, -0.25) is 9.59 Å². The third kappa shape index (κ3) is 3.98. The van der Waals surface area contributed by atoms with Gasteiger partial charge in [0.15, 0.2) is 0 Å². The Hall–Kier alpha value is -1.60. The number of rotatable bonds is 3. The molecule has 25 heavy (non-hydrogen) atoms. The zero-order valence-electron chi connectivity index (χ0n) is 13.8. The number of nitrogens with one attached hydrogen (secondary N) is 1. The molecular formula is C19H18ClIN2O2. The van der Waals surface area contributed by atoms with Crippen molar-refractivity contribution < 1.29 is 9.59 Å². The molecule has 0 saturated carbocycles. The Labute approximate surface area is 165 Å². The molecule has 0 spiro atoms. The number of nitrogens with zero attached hydrogens (tertiary/aromatic N) is 1. The lowest BCUT2D eigenvalue weighted by molar-refractivity contribution is 0.0791. The summed E-state index contributed by atoms with van der Waals surface area (Å²) in [6.07, 6.45) is 2.10. The van der Waals surface area contributed by atoms with Gasteiger partial charge in [-0.2, -0.15) is 0 Å². The maximum atomic E-state index is 12.7. The smallest absolute Gasteiger partial charge is 0.256 e. The Kier molecular flexibility index (Phi) is 5.64. The van der Waals surface area contributed by atoms with Crippen LogP contribution in [-0.4, -0.2) is 29.8 Å². The van der Waals surface area contributed by atoms with Crippen LogP contribution in [0.3, 0.4) is 0 Å². The van der Waals surface area contributed by atoms with Crippen LogP contribution in [0.1, 0.15) is 39.1 Å². The van der Waals surface area contributed by atoms with Gasteiger partial charge in [-0.15, -0.1) is 0 Å². The summed E-state index contributed by atoms with van der Waals surface area (Å²) in [5.41, 5.74) is 2.58. The van der Waals surface area contributed by atoms with Crippen LogP contribution in [0.2, 0.25) is 5.02 Å². The molecule has 0 atom stereocenters. The van der Waals surface area contributed by atoms with E-state index < -0.39 is 0 Å². The third-order valence-corrected chi connectivity index (χ3v) is 5.55. The van der Waals surface area contributed by atoms with Crippen molar-refractivity contribution in [3.05, 3.63) is 61.7 Å². The van der Waals surface area contributed by atoms with Crippen molar-refractivity contribution in [1.82, 2.24) is 4.90 Å². The van der Waals surface area contributed by atoms with E-state index >= 15 is 0 Å². The Morgan fingerprint density at radius 1 is 1.12 bits per heavy atom. The van der Waals surface area contributed by atoms with Gasteiger partial charge >= 0.3 is 0 Å². The second kappa shape index (κ2) is 7.74. The second-order valence-corrected chi connectivity index (χ2v) is 7.65. The van der Waals surface area contributed by atoms with E-state index in [0.29, 0.717) is 21.8 Å². The number of likely N-dealkylation sites (tertiary alicyclic amines) is 1. The zero-order chi connectivity index (χ0) is 18.0. The molecule has 1 aliphatic rings. The van der Waals surface area contributed by atoms with Crippen LogP contribution in [0.15, 0.2) is 36.4 Å². The Bertz CT molecular complexity index is 832. The van der Waals surface area contributed by atoms with Gasteiger partial charge < -0.3 is 10.2 Å². The number of amides is 2. The van der Waals surface area contributed by atoms with Crippen molar-refractivity contribution in [3.8, 4) is 0 Å². The van der Waals surface area contributed by atoms with E-state index in [9.17, 15) is 9.59 Å². The summed E-state index contributed by atoms with van der Waals surface area (Å²) in [6.45, 7) is 3.47. The lowest BCUT2D eigenvalue weighted by Crippen LogP contribution is -2.28. The number of hydrogen-bond donors (Lipinski definition) is 1. The normalized spacial score (nSPS) is 13.8. The van der Waals surface area contributed by atoms with E-state index in [0.717, 1.165) is 35.1 Å². The summed E-state index contributed by atoms with van der Waals surface area (Å²) in [5.74, 6) is -0.204.